The van der Waals surface area contributed by atoms with Crippen molar-refractivity contribution in [2.24, 2.45) is 10.1 Å². The molecule has 1 aromatic heterocycles. The van der Waals surface area contributed by atoms with Gasteiger partial charge in [-0.1, -0.05) is 48.0 Å². The summed E-state index contributed by atoms with van der Waals surface area (Å²) in [6.07, 6.45) is 4.60. The minimum absolute atomic E-state index is 0.0519. The molecule has 0 aliphatic carbocycles. The van der Waals surface area contributed by atoms with Crippen molar-refractivity contribution in [3.05, 3.63) is 77.0 Å². The van der Waals surface area contributed by atoms with Crippen LogP contribution in [0.5, 0.6) is 0 Å². The molecule has 2 aromatic carbocycles. The summed E-state index contributed by atoms with van der Waals surface area (Å²) in [6.45, 7) is 2.70. The number of amides is 1. The van der Waals surface area contributed by atoms with Crippen molar-refractivity contribution < 1.29 is 13.2 Å². The van der Waals surface area contributed by atoms with Crippen LogP contribution in [0, 0.1) is 12.3 Å². The molecule has 8 nitrogen and oxygen atoms in total. The van der Waals surface area contributed by atoms with Crippen LogP contribution >= 0.6 is 11.8 Å². The Morgan fingerprint density at radius 3 is 2.58 bits per heavy atom. The molecular weight excluding hydrogens is 458 g/mol. The minimum atomic E-state index is -3.58. The van der Waals surface area contributed by atoms with Gasteiger partial charge in [0.05, 0.1) is 5.57 Å². The first-order chi connectivity index (χ1) is 15.7. The summed E-state index contributed by atoms with van der Waals surface area (Å²) < 4.78 is 25.6. The zero-order chi connectivity index (χ0) is 23.3. The zero-order valence-corrected chi connectivity index (χ0v) is 19.4. The molecule has 1 amide bonds. The summed E-state index contributed by atoms with van der Waals surface area (Å²) in [6, 6.07) is 16.2. The summed E-state index contributed by atoms with van der Waals surface area (Å²) >= 11 is 0.771. The molecule has 0 unspecified atom stereocenters. The lowest BCUT2D eigenvalue weighted by Gasteiger charge is -2.19. The summed E-state index contributed by atoms with van der Waals surface area (Å²) in [5.41, 5.74) is 4.16. The normalized spacial score (nSPS) is 17.5. The fraction of sp³-hybridized carbons (Fsp3) is 0.130. The molecule has 33 heavy (non-hydrogen) atoms. The van der Waals surface area contributed by atoms with Crippen molar-refractivity contribution in [2.45, 2.75) is 13.5 Å². The molecule has 166 valence electrons. The number of carbonyl (C=O) groups excluding carboxylic acids is 1. The monoisotopic (exact) mass is 477 g/mol. The first-order valence-electron chi connectivity index (χ1n) is 10.0. The van der Waals surface area contributed by atoms with E-state index in [0.717, 1.165) is 45.1 Å². The molecule has 3 heterocycles. The first kappa shape index (κ1) is 21.4. The van der Waals surface area contributed by atoms with Gasteiger partial charge in [0.15, 0.2) is 5.84 Å². The van der Waals surface area contributed by atoms with Crippen molar-refractivity contribution in [3.8, 4) is 0 Å². The van der Waals surface area contributed by atoms with Gasteiger partial charge in [-0.25, -0.2) is 8.42 Å². The number of benzene rings is 2. The summed E-state index contributed by atoms with van der Waals surface area (Å²) in [5.74, 6) is -0.800. The van der Waals surface area contributed by atoms with E-state index in [-0.39, 0.29) is 21.0 Å². The van der Waals surface area contributed by atoms with E-state index in [4.69, 9.17) is 5.41 Å². The number of hydrazone groups is 1. The minimum Gasteiger partial charge on any atom is -0.342 e. The van der Waals surface area contributed by atoms with Crippen LogP contribution < -0.4 is 0 Å². The highest BCUT2D eigenvalue weighted by Crippen LogP contribution is 2.31. The number of aromatic nitrogens is 1. The summed E-state index contributed by atoms with van der Waals surface area (Å²) in [5, 5.41) is 14.6. The number of aliphatic imine (C=N–C) groups is 1. The first-order valence-corrected chi connectivity index (χ1v) is 12.8. The van der Waals surface area contributed by atoms with Gasteiger partial charge in [-0.2, -0.15) is 10.0 Å². The molecular formula is C23H19N5O3S2. The highest BCUT2D eigenvalue weighted by atomic mass is 32.3. The Morgan fingerprint density at radius 1 is 1.12 bits per heavy atom. The van der Waals surface area contributed by atoms with Crippen LogP contribution in [0.4, 0.5) is 0 Å². The maximum absolute atomic E-state index is 12.7. The Morgan fingerprint density at radius 2 is 1.85 bits per heavy atom. The van der Waals surface area contributed by atoms with Crippen LogP contribution in [0.2, 0.25) is 0 Å². The van der Waals surface area contributed by atoms with Gasteiger partial charge in [-0.15, -0.1) is 5.10 Å². The molecule has 0 saturated carbocycles. The molecule has 2 aliphatic heterocycles. The number of rotatable bonds is 3. The van der Waals surface area contributed by atoms with Crippen molar-refractivity contribution >= 4 is 59.9 Å². The van der Waals surface area contributed by atoms with E-state index in [9.17, 15) is 13.2 Å². The topological polar surface area (TPSA) is 108 Å². The highest BCUT2D eigenvalue weighted by Gasteiger charge is 2.38. The van der Waals surface area contributed by atoms with Gasteiger partial charge >= 0.3 is 0 Å². The number of fused-ring (bicyclic) bond motifs is 2. The number of para-hydroxylation sites is 1. The van der Waals surface area contributed by atoms with Crippen LogP contribution in [0.25, 0.3) is 17.0 Å². The molecule has 0 fully saturated rings. The van der Waals surface area contributed by atoms with E-state index in [2.05, 4.69) is 38.9 Å². The fourth-order valence-corrected chi connectivity index (χ4v) is 5.38. The average molecular weight is 478 g/mol. The number of nitrogens with one attached hydrogen (secondary N) is 1. The highest BCUT2D eigenvalue weighted by molar-refractivity contribution is 8.42. The third-order valence-corrected chi connectivity index (χ3v) is 7.92. The second kappa shape index (κ2) is 7.82. The molecule has 2 aliphatic rings. The fourth-order valence-electron chi connectivity index (χ4n) is 3.69. The lowest BCUT2D eigenvalue weighted by atomic mass is 10.1. The van der Waals surface area contributed by atoms with E-state index in [1.54, 1.807) is 6.08 Å². The molecule has 0 spiro atoms. The van der Waals surface area contributed by atoms with Gasteiger partial charge in [0, 0.05) is 35.5 Å². The maximum atomic E-state index is 12.7. The number of hydrogen-bond acceptors (Lipinski definition) is 6. The standard InChI is InChI=1S/C23H19N5O3S2/c1-14-7-9-15(10-8-14)12-27-13-16(17-5-3-4-6-19(17)27)11-18-20(24)28-22(25-21(18)29)32-23(26-28)33(2,30)31/h3-11,13,24H,12H2,1-2H3/b18-11-,24-20?. The molecule has 0 bridgehead atoms. The van der Waals surface area contributed by atoms with Crippen LogP contribution in [-0.2, 0) is 21.2 Å². The van der Waals surface area contributed by atoms with E-state index >= 15 is 0 Å². The van der Waals surface area contributed by atoms with Crippen molar-refractivity contribution in [1.29, 1.82) is 5.41 Å². The van der Waals surface area contributed by atoms with Crippen molar-refractivity contribution in [1.82, 2.24) is 9.58 Å². The third kappa shape index (κ3) is 3.91. The Balaban J connectivity index is 1.56. The molecule has 1 N–H and O–H groups in total. The van der Waals surface area contributed by atoms with E-state index in [0.29, 0.717) is 6.54 Å². The van der Waals surface area contributed by atoms with E-state index < -0.39 is 15.7 Å². The second-order valence-electron chi connectivity index (χ2n) is 7.87. The van der Waals surface area contributed by atoms with Crippen LogP contribution in [-0.4, -0.2) is 45.5 Å². The molecule has 0 atom stereocenters. The Bertz CT molecular complexity index is 1530. The number of amidine groups is 2. The number of sulfone groups is 1. The largest absolute Gasteiger partial charge is 0.342 e. The van der Waals surface area contributed by atoms with Gasteiger partial charge in [0.1, 0.15) is 0 Å². The van der Waals surface area contributed by atoms with Gasteiger partial charge in [-0.3, -0.25) is 10.2 Å². The van der Waals surface area contributed by atoms with Gasteiger partial charge in [0.25, 0.3) is 5.91 Å². The van der Waals surface area contributed by atoms with Gasteiger partial charge < -0.3 is 4.57 Å². The van der Waals surface area contributed by atoms with Crippen molar-refractivity contribution in [2.75, 3.05) is 6.26 Å². The number of thioether (sulfide) groups is 1. The number of hydrogen-bond donors (Lipinski definition) is 1. The lowest BCUT2D eigenvalue weighted by molar-refractivity contribution is -0.114. The van der Waals surface area contributed by atoms with Gasteiger partial charge in [-0.05, 0) is 36.4 Å². The predicted octanol–water partition coefficient (Wildman–Crippen LogP) is 3.62. The quantitative estimate of drug-likeness (QED) is 0.580. The molecule has 0 radical (unpaired) electrons. The van der Waals surface area contributed by atoms with Crippen LogP contribution in [0.15, 0.2) is 70.4 Å². The third-order valence-electron chi connectivity index (χ3n) is 5.35. The Labute approximate surface area is 194 Å². The van der Waals surface area contributed by atoms with Crippen LogP contribution in [0.1, 0.15) is 16.7 Å². The van der Waals surface area contributed by atoms with Crippen LogP contribution in [0.3, 0.4) is 0 Å². The SMILES string of the molecule is Cc1ccc(Cn2cc(/C=C3/C(=N)N4N=C(S(C)(=O)=O)SC4=NC3=O)c3ccccc32)cc1. The number of carbonyl (C=O) groups is 1. The molecule has 0 saturated heterocycles. The Kier molecular flexibility index (Phi) is 5.06. The Hall–Kier alpha value is -3.50. The smallest absolute Gasteiger partial charge is 0.283 e. The maximum Gasteiger partial charge on any atom is 0.283 e. The summed E-state index contributed by atoms with van der Waals surface area (Å²) in [4.78, 5) is 16.7. The van der Waals surface area contributed by atoms with Crippen molar-refractivity contribution in [3.63, 3.8) is 0 Å². The van der Waals surface area contributed by atoms with Gasteiger partial charge in [0.2, 0.25) is 19.4 Å². The van der Waals surface area contributed by atoms with E-state index in [1.165, 1.54) is 5.56 Å². The molecule has 5 rings (SSSR count). The molecule has 10 heteroatoms. The average Bonchev–Trinajstić information content (AvgIpc) is 3.35. The second-order valence-corrected chi connectivity index (χ2v) is 11.0. The summed E-state index contributed by atoms with van der Waals surface area (Å²) in [7, 11) is -3.58. The molecule has 3 aromatic rings. The lowest BCUT2D eigenvalue weighted by Crippen LogP contribution is -2.35. The van der Waals surface area contributed by atoms with E-state index in [1.807, 2.05) is 37.4 Å². The zero-order valence-electron chi connectivity index (χ0n) is 17.8. The predicted molar refractivity (Wildman–Crippen MR) is 132 cm³/mol. The number of aryl methyl sites for hydroxylation is 1. The number of nitrogens with zero attached hydrogens (tertiary/aromatic N) is 4.